The second kappa shape index (κ2) is 7.75. The molecule has 3 nitrogen and oxygen atoms in total. The summed E-state index contributed by atoms with van der Waals surface area (Å²) in [5.41, 5.74) is 0.986. The van der Waals surface area contributed by atoms with Crippen molar-refractivity contribution < 1.29 is 14.3 Å². The van der Waals surface area contributed by atoms with Crippen molar-refractivity contribution in [1.82, 2.24) is 0 Å². The normalized spacial score (nSPS) is 11.9. The van der Waals surface area contributed by atoms with Crippen molar-refractivity contribution in [2.75, 3.05) is 13.7 Å². The average Bonchev–Trinajstić information content (AvgIpc) is 2.41. The maximum Gasteiger partial charge on any atom is 0.313 e. The molecule has 0 amide bonds. The van der Waals surface area contributed by atoms with Gasteiger partial charge in [0.05, 0.1) is 19.6 Å². The molecule has 0 spiro atoms. The largest absolute Gasteiger partial charge is 0.497 e. The lowest BCUT2D eigenvalue weighted by molar-refractivity contribution is -0.145. The quantitative estimate of drug-likeness (QED) is 0.548. The maximum absolute atomic E-state index is 12.0. The van der Waals surface area contributed by atoms with Crippen LogP contribution in [0.2, 0.25) is 0 Å². The molecule has 0 aliphatic carbocycles. The van der Waals surface area contributed by atoms with E-state index < -0.39 is 0 Å². The van der Waals surface area contributed by atoms with Gasteiger partial charge in [-0.1, -0.05) is 32.4 Å². The fraction of sp³-hybridized carbons (Fsp3) is 0.533. The maximum atomic E-state index is 12.0. The number of ether oxygens (including phenoxy) is 2. The Hall–Kier alpha value is -1.51. The average molecular weight is 250 g/mol. The summed E-state index contributed by atoms with van der Waals surface area (Å²) < 4.78 is 10.4. The van der Waals surface area contributed by atoms with E-state index in [9.17, 15) is 4.79 Å². The van der Waals surface area contributed by atoms with Crippen molar-refractivity contribution >= 4 is 5.97 Å². The van der Waals surface area contributed by atoms with Crippen molar-refractivity contribution in [3.8, 4) is 5.75 Å². The smallest absolute Gasteiger partial charge is 0.313 e. The van der Waals surface area contributed by atoms with Crippen molar-refractivity contribution in [1.29, 1.82) is 0 Å². The molecule has 0 fully saturated rings. The van der Waals surface area contributed by atoms with Crippen LogP contribution in [0.1, 0.15) is 44.6 Å². The minimum Gasteiger partial charge on any atom is -0.497 e. The standard InChI is InChI=1S/C15H22O3/c1-4-6-11-18-15(16)14(5-2)12-7-9-13(17-3)10-8-12/h7-10,14H,4-6,11H2,1-3H3. The zero-order chi connectivity index (χ0) is 13.4. The fourth-order valence-electron chi connectivity index (χ4n) is 1.79. The van der Waals surface area contributed by atoms with Gasteiger partial charge in [-0.15, -0.1) is 0 Å². The molecule has 0 saturated carbocycles. The number of carbonyl (C=O) groups excluding carboxylic acids is 1. The Morgan fingerprint density at radius 1 is 1.22 bits per heavy atom. The van der Waals surface area contributed by atoms with Crippen molar-refractivity contribution in [3.63, 3.8) is 0 Å². The monoisotopic (exact) mass is 250 g/mol. The number of rotatable bonds is 7. The molecule has 3 heteroatoms. The zero-order valence-electron chi connectivity index (χ0n) is 11.4. The van der Waals surface area contributed by atoms with E-state index in [0.717, 1.165) is 30.6 Å². The Kier molecular flexibility index (Phi) is 6.26. The van der Waals surface area contributed by atoms with Crippen LogP contribution >= 0.6 is 0 Å². The molecule has 0 heterocycles. The van der Waals surface area contributed by atoms with E-state index in [2.05, 4.69) is 6.92 Å². The van der Waals surface area contributed by atoms with Crippen molar-refractivity contribution in [2.45, 2.75) is 39.0 Å². The first-order valence-electron chi connectivity index (χ1n) is 6.53. The van der Waals surface area contributed by atoms with Crippen LogP contribution in [0.25, 0.3) is 0 Å². The molecular weight excluding hydrogens is 228 g/mol. The van der Waals surface area contributed by atoms with Gasteiger partial charge >= 0.3 is 5.97 Å². The van der Waals surface area contributed by atoms with Gasteiger partial charge in [-0.25, -0.2) is 0 Å². The molecule has 1 aromatic rings. The van der Waals surface area contributed by atoms with E-state index in [-0.39, 0.29) is 11.9 Å². The second-order valence-corrected chi connectivity index (χ2v) is 4.26. The summed E-state index contributed by atoms with van der Waals surface area (Å²) in [6.45, 7) is 4.59. The first-order chi connectivity index (χ1) is 8.72. The summed E-state index contributed by atoms with van der Waals surface area (Å²) in [7, 11) is 1.63. The number of hydrogen-bond donors (Lipinski definition) is 0. The van der Waals surface area contributed by atoms with E-state index in [4.69, 9.17) is 9.47 Å². The van der Waals surface area contributed by atoms with Gasteiger partial charge in [0.15, 0.2) is 0 Å². The fourth-order valence-corrected chi connectivity index (χ4v) is 1.79. The van der Waals surface area contributed by atoms with Gasteiger partial charge in [0.1, 0.15) is 5.75 Å². The molecular formula is C15H22O3. The van der Waals surface area contributed by atoms with Crippen LogP contribution < -0.4 is 4.74 Å². The van der Waals surface area contributed by atoms with Crippen LogP contribution in [-0.4, -0.2) is 19.7 Å². The summed E-state index contributed by atoms with van der Waals surface area (Å²) in [6.07, 6.45) is 2.70. The lowest BCUT2D eigenvalue weighted by atomic mass is 9.96. The summed E-state index contributed by atoms with van der Waals surface area (Å²) in [4.78, 5) is 12.0. The molecule has 1 aromatic carbocycles. The Morgan fingerprint density at radius 2 is 1.89 bits per heavy atom. The first kappa shape index (κ1) is 14.6. The van der Waals surface area contributed by atoms with Crippen molar-refractivity contribution in [3.05, 3.63) is 29.8 Å². The molecule has 1 rings (SSSR count). The van der Waals surface area contributed by atoms with E-state index in [1.54, 1.807) is 7.11 Å². The first-order valence-corrected chi connectivity index (χ1v) is 6.53. The number of benzene rings is 1. The highest BCUT2D eigenvalue weighted by atomic mass is 16.5. The molecule has 0 aliphatic rings. The zero-order valence-corrected chi connectivity index (χ0v) is 11.4. The molecule has 0 radical (unpaired) electrons. The van der Waals surface area contributed by atoms with Crippen LogP contribution in [0, 0.1) is 0 Å². The highest BCUT2D eigenvalue weighted by Crippen LogP contribution is 2.23. The third-order valence-electron chi connectivity index (χ3n) is 2.95. The highest BCUT2D eigenvalue weighted by Gasteiger charge is 2.19. The van der Waals surface area contributed by atoms with E-state index in [0.29, 0.717) is 6.61 Å². The summed E-state index contributed by atoms with van der Waals surface area (Å²) in [5.74, 6) is 0.497. The summed E-state index contributed by atoms with van der Waals surface area (Å²) >= 11 is 0. The Labute approximate surface area is 109 Å². The second-order valence-electron chi connectivity index (χ2n) is 4.26. The Bertz CT molecular complexity index is 357. The van der Waals surface area contributed by atoms with Gasteiger partial charge in [-0.2, -0.15) is 0 Å². The van der Waals surface area contributed by atoms with Gasteiger partial charge in [0, 0.05) is 0 Å². The third kappa shape index (κ3) is 4.06. The summed E-state index contributed by atoms with van der Waals surface area (Å²) in [6, 6.07) is 7.59. The predicted octanol–water partition coefficient (Wildman–Crippen LogP) is 3.53. The number of hydrogen-bond acceptors (Lipinski definition) is 3. The Morgan fingerprint density at radius 3 is 2.39 bits per heavy atom. The lowest BCUT2D eigenvalue weighted by Crippen LogP contribution is -2.16. The van der Waals surface area contributed by atoms with E-state index in [1.807, 2.05) is 31.2 Å². The highest BCUT2D eigenvalue weighted by molar-refractivity contribution is 5.78. The van der Waals surface area contributed by atoms with Gasteiger partial charge in [-0.3, -0.25) is 4.79 Å². The van der Waals surface area contributed by atoms with Gasteiger partial charge in [0.25, 0.3) is 0 Å². The minimum absolute atomic E-state index is 0.129. The van der Waals surface area contributed by atoms with Gasteiger partial charge in [-0.05, 0) is 30.5 Å². The van der Waals surface area contributed by atoms with E-state index >= 15 is 0 Å². The molecule has 0 bridgehead atoms. The molecule has 0 aliphatic heterocycles. The lowest BCUT2D eigenvalue weighted by Gasteiger charge is -2.14. The predicted molar refractivity (Wildman–Crippen MR) is 71.9 cm³/mol. The molecule has 100 valence electrons. The van der Waals surface area contributed by atoms with Gasteiger partial charge < -0.3 is 9.47 Å². The number of unbranched alkanes of at least 4 members (excludes halogenated alkanes) is 1. The van der Waals surface area contributed by atoms with Crippen LogP contribution in [0.3, 0.4) is 0 Å². The molecule has 0 aromatic heterocycles. The molecule has 18 heavy (non-hydrogen) atoms. The Balaban J connectivity index is 2.66. The summed E-state index contributed by atoms with van der Waals surface area (Å²) in [5, 5.41) is 0. The number of esters is 1. The van der Waals surface area contributed by atoms with Crippen LogP contribution in [0.4, 0.5) is 0 Å². The number of methoxy groups -OCH3 is 1. The molecule has 1 atom stereocenters. The van der Waals surface area contributed by atoms with Gasteiger partial charge in [0.2, 0.25) is 0 Å². The molecule has 0 N–H and O–H groups in total. The molecule has 0 saturated heterocycles. The topological polar surface area (TPSA) is 35.5 Å². The third-order valence-corrected chi connectivity index (χ3v) is 2.95. The van der Waals surface area contributed by atoms with Crippen LogP contribution in [0.5, 0.6) is 5.75 Å². The molecule has 1 unspecified atom stereocenters. The van der Waals surface area contributed by atoms with Crippen LogP contribution in [0.15, 0.2) is 24.3 Å². The van der Waals surface area contributed by atoms with Crippen LogP contribution in [-0.2, 0) is 9.53 Å². The minimum atomic E-state index is -0.173. The van der Waals surface area contributed by atoms with E-state index in [1.165, 1.54) is 0 Å². The van der Waals surface area contributed by atoms with Crippen molar-refractivity contribution in [2.24, 2.45) is 0 Å². The number of carbonyl (C=O) groups is 1. The SMILES string of the molecule is CCCCOC(=O)C(CC)c1ccc(OC)cc1.